The van der Waals surface area contributed by atoms with Crippen LogP contribution in [0.2, 0.25) is 0 Å². The van der Waals surface area contributed by atoms with Crippen LogP contribution in [0.3, 0.4) is 0 Å². The Kier molecular flexibility index (Phi) is 4.03. The van der Waals surface area contributed by atoms with Gasteiger partial charge in [-0.05, 0) is 57.7 Å². The van der Waals surface area contributed by atoms with Crippen LogP contribution in [0.4, 0.5) is 0 Å². The zero-order chi connectivity index (χ0) is 20.4. The standard InChI is InChI=1S/C25H26O4/c1-24(2)19-13-15(9-11-16-14-27-25(3,4)29-16)10-12-17(19)22(26)21-18-7-5-6-8-20(18)28-23(21)24/h5-8,10,12-13,16H,9,11,14H2,1-4H3/t16-/m0/s1. The van der Waals surface area contributed by atoms with Crippen LogP contribution in [0.5, 0.6) is 0 Å². The van der Waals surface area contributed by atoms with E-state index in [-0.39, 0.29) is 17.3 Å². The minimum absolute atomic E-state index is 0.0556. The summed E-state index contributed by atoms with van der Waals surface area (Å²) < 4.78 is 17.8. The van der Waals surface area contributed by atoms with Crippen molar-refractivity contribution in [1.82, 2.24) is 0 Å². The van der Waals surface area contributed by atoms with Gasteiger partial charge < -0.3 is 13.9 Å². The molecule has 0 saturated carbocycles. The summed E-state index contributed by atoms with van der Waals surface area (Å²) in [6, 6.07) is 14.0. The van der Waals surface area contributed by atoms with Crippen LogP contribution in [-0.4, -0.2) is 24.3 Å². The Morgan fingerprint density at radius 3 is 2.62 bits per heavy atom. The summed E-state index contributed by atoms with van der Waals surface area (Å²) >= 11 is 0. The molecule has 29 heavy (non-hydrogen) atoms. The molecular weight excluding hydrogens is 364 g/mol. The molecule has 1 aliphatic carbocycles. The minimum Gasteiger partial charge on any atom is -0.459 e. The number of furan rings is 1. The van der Waals surface area contributed by atoms with Crippen molar-refractivity contribution >= 4 is 16.8 Å². The molecule has 4 heteroatoms. The van der Waals surface area contributed by atoms with Crippen LogP contribution in [0.25, 0.3) is 11.0 Å². The van der Waals surface area contributed by atoms with Crippen molar-refractivity contribution in [2.45, 2.75) is 57.8 Å². The van der Waals surface area contributed by atoms with E-state index in [1.807, 2.05) is 44.2 Å². The highest BCUT2D eigenvalue weighted by atomic mass is 16.7. The second kappa shape index (κ2) is 6.28. The summed E-state index contributed by atoms with van der Waals surface area (Å²) in [5, 5.41) is 0.899. The molecule has 1 atom stereocenters. The van der Waals surface area contributed by atoms with Gasteiger partial charge in [-0.25, -0.2) is 0 Å². The smallest absolute Gasteiger partial charge is 0.197 e. The first kappa shape index (κ1) is 18.6. The van der Waals surface area contributed by atoms with E-state index in [4.69, 9.17) is 13.9 Å². The SMILES string of the molecule is CC1(C)OC[C@H](CCc2ccc3c(c2)C(C)(C)c2oc4ccccc4c2C3=O)O1. The Labute approximate surface area is 170 Å². The molecule has 1 aliphatic heterocycles. The van der Waals surface area contributed by atoms with Gasteiger partial charge in [0.05, 0.1) is 18.3 Å². The molecule has 2 heterocycles. The predicted octanol–water partition coefficient (Wildman–Crippen LogP) is 5.39. The molecule has 1 fully saturated rings. The predicted molar refractivity (Wildman–Crippen MR) is 111 cm³/mol. The lowest BCUT2D eigenvalue weighted by molar-refractivity contribution is -0.138. The molecule has 0 amide bonds. The van der Waals surface area contributed by atoms with Gasteiger partial charge in [-0.1, -0.05) is 36.4 Å². The normalized spacial score (nSPS) is 21.9. The number of carbonyl (C=O) groups excluding carboxylic acids is 1. The van der Waals surface area contributed by atoms with Crippen LogP contribution < -0.4 is 0 Å². The van der Waals surface area contributed by atoms with Gasteiger partial charge >= 0.3 is 0 Å². The highest BCUT2D eigenvalue weighted by Crippen LogP contribution is 2.45. The zero-order valence-electron chi connectivity index (χ0n) is 17.4. The number of benzene rings is 2. The second-order valence-corrected chi connectivity index (χ2v) is 9.13. The molecule has 5 rings (SSSR count). The third-order valence-electron chi connectivity index (χ3n) is 6.21. The third-order valence-corrected chi connectivity index (χ3v) is 6.21. The molecular formula is C25H26O4. The Morgan fingerprint density at radius 2 is 1.86 bits per heavy atom. The molecule has 0 unspecified atom stereocenters. The van der Waals surface area contributed by atoms with E-state index in [0.717, 1.165) is 40.7 Å². The maximum absolute atomic E-state index is 13.3. The summed E-state index contributed by atoms with van der Waals surface area (Å²) in [7, 11) is 0. The van der Waals surface area contributed by atoms with Crippen LogP contribution in [0.1, 0.15) is 66.9 Å². The van der Waals surface area contributed by atoms with E-state index in [1.54, 1.807) is 0 Å². The number of ether oxygens (including phenoxy) is 2. The summed E-state index contributed by atoms with van der Waals surface area (Å²) in [5.74, 6) is 0.329. The van der Waals surface area contributed by atoms with Crippen LogP contribution in [0.15, 0.2) is 46.9 Å². The summed E-state index contributed by atoms with van der Waals surface area (Å²) in [6.45, 7) is 8.81. The Hall–Kier alpha value is -2.43. The lowest BCUT2D eigenvalue weighted by atomic mass is 9.71. The quantitative estimate of drug-likeness (QED) is 0.602. The summed E-state index contributed by atoms with van der Waals surface area (Å²) in [6.07, 6.45) is 1.89. The topological polar surface area (TPSA) is 48.7 Å². The van der Waals surface area contributed by atoms with Crippen molar-refractivity contribution in [3.8, 4) is 0 Å². The number of ketones is 1. The van der Waals surface area contributed by atoms with E-state index in [0.29, 0.717) is 12.2 Å². The zero-order valence-corrected chi connectivity index (χ0v) is 17.4. The van der Waals surface area contributed by atoms with E-state index < -0.39 is 5.79 Å². The lowest BCUT2D eigenvalue weighted by Crippen LogP contribution is -2.29. The molecule has 0 spiro atoms. The van der Waals surface area contributed by atoms with E-state index in [1.165, 1.54) is 5.56 Å². The number of para-hydroxylation sites is 1. The van der Waals surface area contributed by atoms with Gasteiger partial charge in [0, 0.05) is 16.4 Å². The number of rotatable bonds is 3. The molecule has 150 valence electrons. The highest BCUT2D eigenvalue weighted by molar-refractivity contribution is 6.19. The molecule has 0 N–H and O–H groups in total. The first-order chi connectivity index (χ1) is 13.8. The summed E-state index contributed by atoms with van der Waals surface area (Å²) in [4.78, 5) is 13.3. The first-order valence-electron chi connectivity index (χ1n) is 10.3. The van der Waals surface area contributed by atoms with Gasteiger partial charge in [0.1, 0.15) is 11.3 Å². The van der Waals surface area contributed by atoms with Crippen molar-refractivity contribution in [3.05, 3.63) is 70.5 Å². The Morgan fingerprint density at radius 1 is 1.07 bits per heavy atom. The molecule has 0 bridgehead atoms. The van der Waals surface area contributed by atoms with Crippen molar-refractivity contribution in [1.29, 1.82) is 0 Å². The van der Waals surface area contributed by atoms with Gasteiger partial charge in [0.15, 0.2) is 11.6 Å². The van der Waals surface area contributed by atoms with Crippen molar-refractivity contribution in [2.24, 2.45) is 0 Å². The molecule has 4 nitrogen and oxygen atoms in total. The molecule has 2 aromatic carbocycles. The van der Waals surface area contributed by atoms with Gasteiger partial charge in [0.25, 0.3) is 0 Å². The third kappa shape index (κ3) is 2.93. The molecule has 0 radical (unpaired) electrons. The van der Waals surface area contributed by atoms with Gasteiger partial charge in [-0.3, -0.25) is 4.79 Å². The van der Waals surface area contributed by atoms with Gasteiger partial charge in [0.2, 0.25) is 0 Å². The molecule has 1 saturated heterocycles. The van der Waals surface area contributed by atoms with Crippen LogP contribution in [0, 0.1) is 0 Å². The van der Waals surface area contributed by atoms with Crippen LogP contribution in [-0.2, 0) is 21.3 Å². The van der Waals surface area contributed by atoms with E-state index >= 15 is 0 Å². The maximum atomic E-state index is 13.3. The fraction of sp³-hybridized carbons (Fsp3) is 0.400. The maximum Gasteiger partial charge on any atom is 0.197 e. The molecule has 3 aromatic rings. The van der Waals surface area contributed by atoms with Gasteiger partial charge in [-0.15, -0.1) is 0 Å². The molecule has 2 aliphatic rings. The number of carbonyl (C=O) groups is 1. The number of hydrogen-bond acceptors (Lipinski definition) is 4. The lowest BCUT2D eigenvalue weighted by Gasteiger charge is -2.31. The van der Waals surface area contributed by atoms with Crippen molar-refractivity contribution < 1.29 is 18.7 Å². The average molecular weight is 390 g/mol. The van der Waals surface area contributed by atoms with Crippen molar-refractivity contribution in [2.75, 3.05) is 6.61 Å². The van der Waals surface area contributed by atoms with E-state index in [9.17, 15) is 4.79 Å². The average Bonchev–Trinajstić information content (AvgIpc) is 3.25. The molecule has 1 aromatic heterocycles. The van der Waals surface area contributed by atoms with Crippen LogP contribution >= 0.6 is 0 Å². The number of fused-ring (bicyclic) bond motifs is 4. The Bertz CT molecular complexity index is 1120. The highest BCUT2D eigenvalue weighted by Gasteiger charge is 2.41. The number of aryl methyl sites for hydroxylation is 1. The monoisotopic (exact) mass is 390 g/mol. The number of hydrogen-bond donors (Lipinski definition) is 0. The van der Waals surface area contributed by atoms with Crippen molar-refractivity contribution in [3.63, 3.8) is 0 Å². The largest absolute Gasteiger partial charge is 0.459 e. The second-order valence-electron chi connectivity index (χ2n) is 9.13. The summed E-state index contributed by atoms with van der Waals surface area (Å²) in [5.41, 5.74) is 4.13. The fourth-order valence-corrected chi connectivity index (χ4v) is 4.66. The fourth-order valence-electron chi connectivity index (χ4n) is 4.66. The Balaban J connectivity index is 1.49. The first-order valence-corrected chi connectivity index (χ1v) is 10.3. The minimum atomic E-state index is -0.493. The van der Waals surface area contributed by atoms with E-state index in [2.05, 4.69) is 26.0 Å². The van der Waals surface area contributed by atoms with Gasteiger partial charge in [-0.2, -0.15) is 0 Å².